The molecule has 0 saturated carbocycles. The van der Waals surface area contributed by atoms with E-state index in [-0.39, 0.29) is 5.91 Å². The lowest BCUT2D eigenvalue weighted by molar-refractivity contribution is -0.118. The van der Waals surface area contributed by atoms with Crippen molar-refractivity contribution in [1.29, 1.82) is 0 Å². The summed E-state index contributed by atoms with van der Waals surface area (Å²) in [7, 11) is 0. The lowest BCUT2D eigenvalue weighted by Crippen LogP contribution is -2.41. The van der Waals surface area contributed by atoms with Crippen molar-refractivity contribution in [2.75, 3.05) is 38.2 Å². The summed E-state index contributed by atoms with van der Waals surface area (Å²) in [5, 5.41) is 9.16. The van der Waals surface area contributed by atoms with Crippen molar-refractivity contribution in [3.8, 4) is 0 Å². The van der Waals surface area contributed by atoms with Crippen LogP contribution in [0.5, 0.6) is 0 Å². The fourth-order valence-corrected chi connectivity index (χ4v) is 1.48. The van der Waals surface area contributed by atoms with Gasteiger partial charge in [0.2, 0.25) is 5.91 Å². The molecule has 1 aromatic heterocycles. The molecule has 2 rings (SSSR count). The van der Waals surface area contributed by atoms with E-state index in [4.69, 9.17) is 4.74 Å². The Bertz CT molecular complexity index is 306. The van der Waals surface area contributed by atoms with Crippen LogP contribution in [0, 0.1) is 0 Å². The maximum atomic E-state index is 11.5. The largest absolute Gasteiger partial charge is 0.379 e. The van der Waals surface area contributed by atoms with Crippen LogP contribution in [-0.2, 0) is 9.53 Å². The van der Waals surface area contributed by atoms with E-state index in [0.717, 1.165) is 13.1 Å². The number of carbonyl (C=O) groups excluding carboxylic acids is 1. The summed E-state index contributed by atoms with van der Waals surface area (Å²) in [6.45, 7) is 3.45. The number of carbonyl (C=O) groups is 1. The summed E-state index contributed by atoms with van der Waals surface area (Å²) in [6.07, 6.45) is 1.60. The number of nitrogens with one attached hydrogen (secondary N) is 2. The number of hydrogen-bond donors (Lipinski definition) is 2. The number of nitrogens with zero attached hydrogens (tertiary/aromatic N) is 2. The van der Waals surface area contributed by atoms with Crippen molar-refractivity contribution in [1.82, 2.24) is 15.1 Å². The second kappa shape index (κ2) is 4.90. The number of aromatic nitrogens is 2. The van der Waals surface area contributed by atoms with Gasteiger partial charge in [-0.15, -0.1) is 0 Å². The predicted octanol–water partition coefficient (Wildman–Crippen LogP) is -0.320. The first-order chi connectivity index (χ1) is 7.34. The Labute approximate surface area is 87.6 Å². The van der Waals surface area contributed by atoms with Crippen LogP contribution < -0.4 is 5.32 Å². The van der Waals surface area contributed by atoms with Crippen molar-refractivity contribution >= 4 is 11.7 Å². The number of amides is 1. The average Bonchev–Trinajstić information content (AvgIpc) is 2.71. The number of anilines is 1. The van der Waals surface area contributed by atoms with Crippen molar-refractivity contribution in [3.63, 3.8) is 0 Å². The van der Waals surface area contributed by atoms with Gasteiger partial charge in [0.25, 0.3) is 0 Å². The fourth-order valence-electron chi connectivity index (χ4n) is 1.48. The van der Waals surface area contributed by atoms with Gasteiger partial charge in [-0.05, 0) is 0 Å². The molecule has 6 nitrogen and oxygen atoms in total. The van der Waals surface area contributed by atoms with E-state index in [1.807, 2.05) is 0 Å². The van der Waals surface area contributed by atoms with Gasteiger partial charge in [-0.2, -0.15) is 5.10 Å². The van der Waals surface area contributed by atoms with Gasteiger partial charge in [0, 0.05) is 19.2 Å². The number of rotatable bonds is 3. The average molecular weight is 210 g/mol. The molecule has 0 aliphatic carbocycles. The standard InChI is InChI=1S/C9H14N4O2/c14-9(11-8-1-2-10-12-8)7-13-3-5-15-6-4-13/h1-2H,3-7H2,(H2,10,11,12,14). The molecule has 6 heteroatoms. The molecule has 2 heterocycles. The molecule has 0 atom stereocenters. The van der Waals surface area contributed by atoms with Crippen LogP contribution in [-0.4, -0.2) is 53.9 Å². The predicted molar refractivity (Wildman–Crippen MR) is 54.5 cm³/mol. The van der Waals surface area contributed by atoms with Crippen LogP contribution >= 0.6 is 0 Å². The molecular formula is C9H14N4O2. The minimum Gasteiger partial charge on any atom is -0.379 e. The molecule has 0 bridgehead atoms. The zero-order chi connectivity index (χ0) is 10.5. The van der Waals surface area contributed by atoms with E-state index in [2.05, 4.69) is 20.4 Å². The van der Waals surface area contributed by atoms with E-state index in [1.165, 1.54) is 0 Å². The molecule has 0 aromatic carbocycles. The van der Waals surface area contributed by atoms with Gasteiger partial charge in [0.1, 0.15) is 5.82 Å². The van der Waals surface area contributed by atoms with Crippen molar-refractivity contribution in [2.45, 2.75) is 0 Å². The van der Waals surface area contributed by atoms with Crippen LogP contribution in [0.2, 0.25) is 0 Å². The molecule has 1 aliphatic heterocycles. The molecule has 82 valence electrons. The van der Waals surface area contributed by atoms with Gasteiger partial charge < -0.3 is 10.1 Å². The number of H-pyrrole nitrogens is 1. The Morgan fingerprint density at radius 2 is 2.40 bits per heavy atom. The van der Waals surface area contributed by atoms with E-state index in [0.29, 0.717) is 25.6 Å². The number of morpholine rings is 1. The molecule has 15 heavy (non-hydrogen) atoms. The lowest BCUT2D eigenvalue weighted by atomic mass is 10.4. The molecular weight excluding hydrogens is 196 g/mol. The van der Waals surface area contributed by atoms with E-state index in [1.54, 1.807) is 12.3 Å². The second-order valence-electron chi connectivity index (χ2n) is 3.41. The Balaban J connectivity index is 1.76. The molecule has 1 aliphatic rings. The van der Waals surface area contributed by atoms with Crippen LogP contribution in [0.15, 0.2) is 12.3 Å². The summed E-state index contributed by atoms with van der Waals surface area (Å²) in [5.74, 6) is 0.606. The minimum absolute atomic E-state index is 0.0267. The maximum absolute atomic E-state index is 11.5. The molecule has 1 saturated heterocycles. The Kier molecular flexibility index (Phi) is 3.31. The normalized spacial score (nSPS) is 17.6. The Hall–Kier alpha value is -1.40. The van der Waals surface area contributed by atoms with Crippen LogP contribution in [0.1, 0.15) is 0 Å². The monoisotopic (exact) mass is 210 g/mol. The molecule has 1 aromatic rings. The van der Waals surface area contributed by atoms with Gasteiger partial charge in [-0.3, -0.25) is 14.8 Å². The summed E-state index contributed by atoms with van der Waals surface area (Å²) in [4.78, 5) is 13.6. The maximum Gasteiger partial charge on any atom is 0.239 e. The zero-order valence-corrected chi connectivity index (χ0v) is 8.40. The van der Waals surface area contributed by atoms with Gasteiger partial charge in [-0.25, -0.2) is 0 Å². The first kappa shape index (κ1) is 10.1. The summed E-state index contributed by atoms with van der Waals surface area (Å²) >= 11 is 0. The summed E-state index contributed by atoms with van der Waals surface area (Å²) in [5.41, 5.74) is 0. The highest BCUT2D eigenvalue weighted by Gasteiger charge is 2.14. The first-order valence-corrected chi connectivity index (χ1v) is 4.94. The van der Waals surface area contributed by atoms with E-state index < -0.39 is 0 Å². The SMILES string of the molecule is O=C(CN1CCOCC1)Nc1ccn[nH]1. The van der Waals surface area contributed by atoms with Crippen LogP contribution in [0.3, 0.4) is 0 Å². The van der Waals surface area contributed by atoms with Gasteiger partial charge in [0.05, 0.1) is 26.0 Å². The topological polar surface area (TPSA) is 70.2 Å². The van der Waals surface area contributed by atoms with E-state index >= 15 is 0 Å². The first-order valence-electron chi connectivity index (χ1n) is 4.94. The molecule has 2 N–H and O–H groups in total. The molecule has 0 unspecified atom stereocenters. The summed E-state index contributed by atoms with van der Waals surface area (Å²) in [6, 6.07) is 1.72. The van der Waals surface area contributed by atoms with Gasteiger partial charge in [0.15, 0.2) is 0 Å². The van der Waals surface area contributed by atoms with Crippen molar-refractivity contribution < 1.29 is 9.53 Å². The quantitative estimate of drug-likeness (QED) is 0.717. The Morgan fingerprint density at radius 1 is 1.60 bits per heavy atom. The van der Waals surface area contributed by atoms with Crippen LogP contribution in [0.25, 0.3) is 0 Å². The second-order valence-corrected chi connectivity index (χ2v) is 3.41. The van der Waals surface area contributed by atoms with Crippen LogP contribution in [0.4, 0.5) is 5.82 Å². The fraction of sp³-hybridized carbons (Fsp3) is 0.556. The lowest BCUT2D eigenvalue weighted by Gasteiger charge is -2.25. The van der Waals surface area contributed by atoms with E-state index in [9.17, 15) is 4.79 Å². The highest BCUT2D eigenvalue weighted by atomic mass is 16.5. The minimum atomic E-state index is -0.0267. The Morgan fingerprint density at radius 3 is 3.07 bits per heavy atom. The van der Waals surface area contributed by atoms with Crippen molar-refractivity contribution in [3.05, 3.63) is 12.3 Å². The molecule has 0 radical (unpaired) electrons. The van der Waals surface area contributed by atoms with Crippen molar-refractivity contribution in [2.24, 2.45) is 0 Å². The number of aromatic amines is 1. The third kappa shape index (κ3) is 3.03. The highest BCUT2D eigenvalue weighted by molar-refractivity contribution is 5.91. The summed E-state index contributed by atoms with van der Waals surface area (Å²) < 4.78 is 5.20. The smallest absolute Gasteiger partial charge is 0.239 e. The molecule has 1 fully saturated rings. The van der Waals surface area contributed by atoms with Gasteiger partial charge >= 0.3 is 0 Å². The zero-order valence-electron chi connectivity index (χ0n) is 8.40. The highest BCUT2D eigenvalue weighted by Crippen LogP contribution is 2.00. The third-order valence-electron chi connectivity index (χ3n) is 2.25. The third-order valence-corrected chi connectivity index (χ3v) is 2.25. The number of ether oxygens (including phenoxy) is 1. The van der Waals surface area contributed by atoms with Gasteiger partial charge in [-0.1, -0.05) is 0 Å². The molecule has 0 spiro atoms. The number of hydrogen-bond acceptors (Lipinski definition) is 4. The molecule has 1 amide bonds.